The molecule has 0 aromatic heterocycles. The molecule has 1 aliphatic heterocycles. The van der Waals surface area contributed by atoms with Gasteiger partial charge in [-0.1, -0.05) is 23.4 Å². The summed E-state index contributed by atoms with van der Waals surface area (Å²) in [6.45, 7) is -0.436. The number of aliphatic hydroxyl groups excluding tert-OH is 1. The van der Waals surface area contributed by atoms with Crippen molar-refractivity contribution in [1.29, 1.82) is 0 Å². The fourth-order valence-corrected chi connectivity index (χ4v) is 3.60. The third-order valence-electron chi connectivity index (χ3n) is 3.86. The zero-order chi connectivity index (χ0) is 20.3. The van der Waals surface area contributed by atoms with Crippen molar-refractivity contribution in [3.63, 3.8) is 0 Å². The molecule has 2 aromatic carbocycles. The lowest BCUT2D eigenvalue weighted by Gasteiger charge is -2.14. The average molecular weight is 419 g/mol. The fraction of sp³-hybridized carbons (Fsp3) is 0.105. The van der Waals surface area contributed by atoms with E-state index in [-0.39, 0.29) is 24.4 Å². The van der Waals surface area contributed by atoms with Crippen LogP contribution in [0.25, 0.3) is 0 Å². The average Bonchev–Trinajstić information content (AvgIpc) is 2.92. The summed E-state index contributed by atoms with van der Waals surface area (Å²) in [7, 11) is 0. The largest absolute Gasteiger partial charge is 0.478 e. The molecule has 2 amide bonds. The van der Waals surface area contributed by atoms with E-state index in [2.05, 4.69) is 5.32 Å². The van der Waals surface area contributed by atoms with Gasteiger partial charge < -0.3 is 15.5 Å². The number of carbonyl (C=O) groups excluding carboxylic acids is 2. The summed E-state index contributed by atoms with van der Waals surface area (Å²) in [5.74, 6) is -2.23. The fourth-order valence-electron chi connectivity index (χ4n) is 2.56. The quantitative estimate of drug-likeness (QED) is 0.593. The highest BCUT2D eigenvalue weighted by molar-refractivity contribution is 7.99. The van der Waals surface area contributed by atoms with Crippen molar-refractivity contribution in [3.8, 4) is 0 Å². The number of benzene rings is 2. The molecule has 1 aliphatic rings. The number of anilines is 1. The number of halogens is 1. The minimum atomic E-state index is -1.12. The Balaban J connectivity index is 1.82. The second-order valence-electron chi connectivity index (χ2n) is 5.77. The number of nitrogens with zero attached hydrogens (tertiary/aromatic N) is 1. The van der Waals surface area contributed by atoms with Gasteiger partial charge in [0.2, 0.25) is 0 Å². The molecular weight excluding hydrogens is 404 g/mol. The summed E-state index contributed by atoms with van der Waals surface area (Å²) in [5.41, 5.74) is 0.429. The number of rotatable bonds is 7. The predicted octanol–water partition coefficient (Wildman–Crippen LogP) is 2.85. The standard InChI is InChI=1S/C19H15ClN2O5S/c20-11-1-4-13(5-2-11)28-16-6-3-12(9-14(16)19(26)27)21-15-10-17(24)22(7-8-23)18(15)25/h1-6,9-10,21,23H,7-8H2,(H,26,27). The Morgan fingerprint density at radius 1 is 1.14 bits per heavy atom. The molecule has 7 nitrogen and oxygen atoms in total. The Morgan fingerprint density at radius 3 is 2.50 bits per heavy atom. The molecule has 0 saturated carbocycles. The van der Waals surface area contributed by atoms with Gasteiger partial charge in [-0.2, -0.15) is 0 Å². The third kappa shape index (κ3) is 4.36. The number of aliphatic hydroxyl groups is 1. The molecule has 0 saturated heterocycles. The first-order valence-electron chi connectivity index (χ1n) is 8.15. The van der Waals surface area contributed by atoms with Gasteiger partial charge in [-0.05, 0) is 42.5 Å². The van der Waals surface area contributed by atoms with Gasteiger partial charge in [0.15, 0.2) is 0 Å². The van der Waals surface area contributed by atoms with Crippen LogP contribution < -0.4 is 5.32 Å². The number of aromatic carboxylic acids is 1. The van der Waals surface area contributed by atoms with E-state index in [1.807, 2.05) is 0 Å². The van der Waals surface area contributed by atoms with Gasteiger partial charge in [0.05, 0.1) is 18.7 Å². The first-order valence-corrected chi connectivity index (χ1v) is 9.34. The second kappa shape index (κ2) is 8.47. The molecule has 0 atom stereocenters. The number of β-amino-alcohol motifs (C(OH)–C–C–N with tert-alkyl or cyclic N) is 1. The van der Waals surface area contributed by atoms with Crippen molar-refractivity contribution in [2.75, 3.05) is 18.5 Å². The van der Waals surface area contributed by atoms with Crippen LogP contribution in [0.5, 0.6) is 0 Å². The molecule has 0 fully saturated rings. The highest BCUT2D eigenvalue weighted by atomic mass is 35.5. The van der Waals surface area contributed by atoms with Crippen molar-refractivity contribution < 1.29 is 24.6 Å². The molecule has 3 N–H and O–H groups in total. The Labute approximate surface area is 169 Å². The smallest absolute Gasteiger partial charge is 0.336 e. The molecular formula is C19H15ClN2O5S. The second-order valence-corrected chi connectivity index (χ2v) is 7.33. The number of amides is 2. The molecule has 2 aromatic rings. The number of nitrogens with one attached hydrogen (secondary N) is 1. The van der Waals surface area contributed by atoms with Crippen LogP contribution in [0.2, 0.25) is 5.02 Å². The van der Waals surface area contributed by atoms with Gasteiger partial charge in [-0.25, -0.2) is 4.79 Å². The van der Waals surface area contributed by atoms with E-state index in [0.717, 1.165) is 15.9 Å². The van der Waals surface area contributed by atoms with E-state index in [1.165, 1.54) is 17.8 Å². The van der Waals surface area contributed by atoms with Gasteiger partial charge in [-0.15, -0.1) is 0 Å². The summed E-state index contributed by atoms with van der Waals surface area (Å²) < 4.78 is 0. The summed E-state index contributed by atoms with van der Waals surface area (Å²) >= 11 is 7.14. The molecule has 0 spiro atoms. The Bertz CT molecular complexity index is 975. The van der Waals surface area contributed by atoms with Crippen LogP contribution in [0.1, 0.15) is 10.4 Å². The number of imide groups is 1. The minimum Gasteiger partial charge on any atom is -0.478 e. The first-order chi connectivity index (χ1) is 13.4. The van der Waals surface area contributed by atoms with E-state index >= 15 is 0 Å². The topological polar surface area (TPSA) is 107 Å². The summed E-state index contributed by atoms with van der Waals surface area (Å²) in [6.07, 6.45) is 1.12. The lowest BCUT2D eigenvalue weighted by Crippen LogP contribution is -2.34. The van der Waals surface area contributed by atoms with E-state index in [1.54, 1.807) is 36.4 Å². The molecule has 144 valence electrons. The molecule has 28 heavy (non-hydrogen) atoms. The number of carboxylic acid groups (broad SMARTS) is 1. The van der Waals surface area contributed by atoms with Crippen LogP contribution in [0.4, 0.5) is 5.69 Å². The first kappa shape index (κ1) is 19.9. The van der Waals surface area contributed by atoms with Crippen molar-refractivity contribution in [3.05, 3.63) is 64.8 Å². The SMILES string of the molecule is O=C(O)c1cc(NC2=CC(=O)N(CCO)C2=O)ccc1Sc1ccc(Cl)cc1. The number of carboxylic acids is 1. The predicted molar refractivity (Wildman–Crippen MR) is 104 cm³/mol. The maximum atomic E-state index is 12.2. The van der Waals surface area contributed by atoms with Crippen LogP contribution >= 0.6 is 23.4 Å². The molecule has 0 radical (unpaired) electrons. The number of carbonyl (C=O) groups is 3. The highest BCUT2D eigenvalue weighted by Gasteiger charge is 2.30. The Morgan fingerprint density at radius 2 is 1.86 bits per heavy atom. The maximum absolute atomic E-state index is 12.2. The molecule has 0 bridgehead atoms. The van der Waals surface area contributed by atoms with Crippen molar-refractivity contribution in [2.45, 2.75) is 9.79 Å². The molecule has 9 heteroatoms. The third-order valence-corrected chi connectivity index (χ3v) is 5.20. The molecule has 3 rings (SSSR count). The lowest BCUT2D eigenvalue weighted by atomic mass is 10.2. The van der Waals surface area contributed by atoms with E-state index in [0.29, 0.717) is 15.6 Å². The summed E-state index contributed by atoms with van der Waals surface area (Å²) in [6, 6.07) is 11.6. The monoisotopic (exact) mass is 418 g/mol. The van der Waals surface area contributed by atoms with Crippen LogP contribution in [-0.4, -0.2) is 46.0 Å². The highest BCUT2D eigenvalue weighted by Crippen LogP contribution is 2.33. The van der Waals surface area contributed by atoms with Crippen LogP contribution in [0, 0.1) is 0 Å². The molecule has 0 aliphatic carbocycles. The molecule has 1 heterocycles. The normalized spacial score (nSPS) is 13.6. The van der Waals surface area contributed by atoms with Gasteiger partial charge in [0.1, 0.15) is 5.70 Å². The number of hydrogen-bond donors (Lipinski definition) is 3. The lowest BCUT2D eigenvalue weighted by molar-refractivity contribution is -0.137. The van der Waals surface area contributed by atoms with Gasteiger partial charge >= 0.3 is 5.97 Å². The van der Waals surface area contributed by atoms with Crippen molar-refractivity contribution >= 4 is 46.8 Å². The van der Waals surface area contributed by atoms with Gasteiger partial charge in [0, 0.05) is 26.6 Å². The summed E-state index contributed by atoms with van der Waals surface area (Å²) in [5, 5.41) is 21.8. The zero-order valence-electron chi connectivity index (χ0n) is 14.4. The van der Waals surface area contributed by atoms with Crippen LogP contribution in [0.15, 0.2) is 64.0 Å². The Hall–Kier alpha value is -2.81. The van der Waals surface area contributed by atoms with Gasteiger partial charge in [-0.3, -0.25) is 14.5 Å². The minimum absolute atomic E-state index is 0.0212. The van der Waals surface area contributed by atoms with E-state index in [9.17, 15) is 19.5 Å². The number of hydrogen-bond acceptors (Lipinski definition) is 6. The van der Waals surface area contributed by atoms with E-state index in [4.69, 9.17) is 16.7 Å². The maximum Gasteiger partial charge on any atom is 0.336 e. The van der Waals surface area contributed by atoms with Crippen LogP contribution in [-0.2, 0) is 9.59 Å². The van der Waals surface area contributed by atoms with E-state index < -0.39 is 17.8 Å². The molecule has 0 unspecified atom stereocenters. The summed E-state index contributed by atoms with van der Waals surface area (Å²) in [4.78, 5) is 37.9. The van der Waals surface area contributed by atoms with Gasteiger partial charge in [0.25, 0.3) is 11.8 Å². The Kier molecular flexibility index (Phi) is 6.03. The zero-order valence-corrected chi connectivity index (χ0v) is 16.0. The van der Waals surface area contributed by atoms with Crippen molar-refractivity contribution in [2.24, 2.45) is 0 Å². The van der Waals surface area contributed by atoms with Crippen molar-refractivity contribution in [1.82, 2.24) is 4.90 Å². The van der Waals surface area contributed by atoms with Crippen LogP contribution in [0.3, 0.4) is 0 Å².